The summed E-state index contributed by atoms with van der Waals surface area (Å²) in [5.74, 6) is -0.964. The van der Waals surface area contributed by atoms with Gasteiger partial charge >= 0.3 is 0 Å². The van der Waals surface area contributed by atoms with Crippen LogP contribution in [0.25, 0.3) is 0 Å². The lowest BCUT2D eigenvalue weighted by molar-refractivity contribution is -0.305. The van der Waals surface area contributed by atoms with E-state index >= 15 is 0 Å². The molecule has 23 heavy (non-hydrogen) atoms. The van der Waals surface area contributed by atoms with Crippen molar-refractivity contribution >= 4 is 5.97 Å². The first kappa shape index (κ1) is 19.7. The number of unbranched alkanes of at least 4 members (excludes halogenated alkanes) is 3. The fourth-order valence-electron chi connectivity index (χ4n) is 2.49. The SMILES string of the molecule is CCCCCC1OC1C/C=C\C/C=C\C/C=C\CCCC(=O)[O-]. The predicted molar refractivity (Wildman–Crippen MR) is 92.9 cm³/mol. The van der Waals surface area contributed by atoms with Crippen LogP contribution in [-0.4, -0.2) is 18.2 Å². The maximum Gasteiger partial charge on any atom is 0.0876 e. The van der Waals surface area contributed by atoms with Gasteiger partial charge in [-0.15, -0.1) is 0 Å². The smallest absolute Gasteiger partial charge is 0.0876 e. The van der Waals surface area contributed by atoms with Gasteiger partial charge < -0.3 is 14.6 Å². The van der Waals surface area contributed by atoms with E-state index in [0.29, 0.717) is 18.6 Å². The molecule has 0 bridgehead atoms. The van der Waals surface area contributed by atoms with Crippen molar-refractivity contribution in [3.8, 4) is 0 Å². The van der Waals surface area contributed by atoms with E-state index in [2.05, 4.69) is 37.3 Å². The summed E-state index contributed by atoms with van der Waals surface area (Å²) < 4.78 is 5.65. The molecule has 1 saturated heterocycles. The number of carboxylic acid groups (broad SMARTS) is 1. The number of epoxide rings is 1. The van der Waals surface area contributed by atoms with Crippen LogP contribution in [0.3, 0.4) is 0 Å². The lowest BCUT2D eigenvalue weighted by Crippen LogP contribution is -2.21. The van der Waals surface area contributed by atoms with Crippen LogP contribution in [0, 0.1) is 0 Å². The second-order valence-electron chi connectivity index (χ2n) is 6.09. The van der Waals surface area contributed by atoms with Gasteiger partial charge in [0.1, 0.15) is 0 Å². The summed E-state index contributed by atoms with van der Waals surface area (Å²) in [4.78, 5) is 10.2. The van der Waals surface area contributed by atoms with Crippen molar-refractivity contribution < 1.29 is 14.6 Å². The molecule has 0 aliphatic carbocycles. The summed E-state index contributed by atoms with van der Waals surface area (Å²) in [5, 5.41) is 10.2. The highest BCUT2D eigenvalue weighted by molar-refractivity contribution is 5.64. The van der Waals surface area contributed by atoms with Gasteiger partial charge in [-0.05, 0) is 44.9 Å². The zero-order valence-electron chi connectivity index (χ0n) is 14.4. The van der Waals surface area contributed by atoms with Gasteiger partial charge in [-0.2, -0.15) is 0 Å². The van der Waals surface area contributed by atoms with E-state index in [1.807, 2.05) is 6.08 Å². The van der Waals surface area contributed by atoms with E-state index in [9.17, 15) is 9.90 Å². The highest BCUT2D eigenvalue weighted by Gasteiger charge is 2.36. The number of carbonyl (C=O) groups excluding carboxylic acids is 1. The molecule has 0 aromatic carbocycles. The van der Waals surface area contributed by atoms with Crippen LogP contribution in [0.4, 0.5) is 0 Å². The van der Waals surface area contributed by atoms with Crippen LogP contribution in [-0.2, 0) is 9.53 Å². The third-order valence-electron chi connectivity index (χ3n) is 3.94. The molecule has 0 amide bonds. The molecule has 0 N–H and O–H groups in total. The van der Waals surface area contributed by atoms with Gasteiger partial charge in [0.05, 0.1) is 12.2 Å². The summed E-state index contributed by atoms with van der Waals surface area (Å²) in [6.07, 6.45) is 23.5. The monoisotopic (exact) mass is 319 g/mol. The maximum absolute atomic E-state index is 10.2. The molecule has 1 aliphatic rings. The topological polar surface area (TPSA) is 52.7 Å². The van der Waals surface area contributed by atoms with Crippen LogP contribution < -0.4 is 5.11 Å². The highest BCUT2D eigenvalue weighted by Crippen LogP contribution is 2.30. The van der Waals surface area contributed by atoms with Gasteiger partial charge in [-0.1, -0.05) is 62.6 Å². The van der Waals surface area contributed by atoms with E-state index in [-0.39, 0.29) is 6.42 Å². The normalized spacial score (nSPS) is 20.9. The Kier molecular flexibility index (Phi) is 11.2. The average molecular weight is 319 g/mol. The van der Waals surface area contributed by atoms with Crippen LogP contribution >= 0.6 is 0 Å². The molecule has 2 atom stereocenters. The van der Waals surface area contributed by atoms with Gasteiger partial charge in [-0.3, -0.25) is 0 Å². The number of aliphatic carboxylic acids is 1. The molecule has 3 nitrogen and oxygen atoms in total. The molecule has 1 aliphatic heterocycles. The molecule has 0 saturated carbocycles. The molecule has 130 valence electrons. The third kappa shape index (κ3) is 11.8. The largest absolute Gasteiger partial charge is 0.550 e. The first-order chi connectivity index (χ1) is 11.2. The maximum atomic E-state index is 10.2. The van der Waals surface area contributed by atoms with E-state index in [1.165, 1.54) is 25.7 Å². The number of carboxylic acids is 1. The molecule has 1 fully saturated rings. The second kappa shape index (κ2) is 13.1. The number of allylic oxidation sites excluding steroid dienone is 5. The molecule has 1 rings (SSSR count). The summed E-state index contributed by atoms with van der Waals surface area (Å²) in [5.41, 5.74) is 0. The molecule has 2 unspecified atom stereocenters. The summed E-state index contributed by atoms with van der Waals surface area (Å²) in [6.45, 7) is 2.23. The van der Waals surface area contributed by atoms with Crippen molar-refractivity contribution in [2.24, 2.45) is 0 Å². The molecular formula is C20H31O3-. The Bertz CT molecular complexity index is 396. The lowest BCUT2D eigenvalue weighted by atomic mass is 10.1. The van der Waals surface area contributed by atoms with E-state index in [0.717, 1.165) is 25.7 Å². The Labute approximate surface area is 141 Å². The Morgan fingerprint density at radius 1 is 0.957 bits per heavy atom. The van der Waals surface area contributed by atoms with Crippen LogP contribution in [0.2, 0.25) is 0 Å². The van der Waals surface area contributed by atoms with Crippen LogP contribution in [0.5, 0.6) is 0 Å². The van der Waals surface area contributed by atoms with Crippen LogP contribution in [0.15, 0.2) is 36.5 Å². The Hall–Kier alpha value is -1.35. The van der Waals surface area contributed by atoms with Crippen molar-refractivity contribution in [1.29, 1.82) is 0 Å². The van der Waals surface area contributed by atoms with Gasteiger partial charge in [-0.25, -0.2) is 0 Å². The second-order valence-corrected chi connectivity index (χ2v) is 6.09. The Balaban J connectivity index is 1.90. The Morgan fingerprint density at radius 3 is 2.35 bits per heavy atom. The minimum absolute atomic E-state index is 0.148. The zero-order valence-corrected chi connectivity index (χ0v) is 14.4. The van der Waals surface area contributed by atoms with E-state index in [4.69, 9.17) is 4.74 Å². The van der Waals surface area contributed by atoms with E-state index in [1.54, 1.807) is 0 Å². The number of hydrogen-bond donors (Lipinski definition) is 0. The molecule has 0 aromatic heterocycles. The van der Waals surface area contributed by atoms with Gasteiger partial charge in [0.25, 0.3) is 0 Å². The van der Waals surface area contributed by atoms with Crippen molar-refractivity contribution in [3.05, 3.63) is 36.5 Å². The number of ether oxygens (including phenoxy) is 1. The Morgan fingerprint density at radius 2 is 1.65 bits per heavy atom. The highest BCUT2D eigenvalue weighted by atomic mass is 16.6. The molecular weight excluding hydrogens is 288 g/mol. The van der Waals surface area contributed by atoms with Crippen molar-refractivity contribution in [1.82, 2.24) is 0 Å². The fraction of sp³-hybridized carbons (Fsp3) is 0.650. The van der Waals surface area contributed by atoms with Crippen LogP contribution in [0.1, 0.15) is 71.1 Å². The number of hydrogen-bond acceptors (Lipinski definition) is 3. The average Bonchev–Trinajstić information content (AvgIpc) is 3.27. The fourth-order valence-corrected chi connectivity index (χ4v) is 2.49. The van der Waals surface area contributed by atoms with Crippen molar-refractivity contribution in [2.75, 3.05) is 0 Å². The molecule has 3 heteroatoms. The van der Waals surface area contributed by atoms with Gasteiger partial charge in [0.15, 0.2) is 0 Å². The minimum Gasteiger partial charge on any atom is -0.550 e. The number of carbonyl (C=O) groups is 1. The van der Waals surface area contributed by atoms with Crippen molar-refractivity contribution in [3.63, 3.8) is 0 Å². The zero-order chi connectivity index (χ0) is 16.8. The van der Waals surface area contributed by atoms with E-state index < -0.39 is 5.97 Å². The molecule has 0 spiro atoms. The summed E-state index contributed by atoms with van der Waals surface area (Å²) >= 11 is 0. The molecule has 0 radical (unpaired) electrons. The van der Waals surface area contributed by atoms with Gasteiger partial charge in [0, 0.05) is 5.97 Å². The summed E-state index contributed by atoms with van der Waals surface area (Å²) in [7, 11) is 0. The molecule has 1 heterocycles. The predicted octanol–water partition coefficient (Wildman–Crippen LogP) is 4.09. The minimum atomic E-state index is -0.964. The first-order valence-electron chi connectivity index (χ1n) is 9.04. The molecule has 0 aromatic rings. The quantitative estimate of drug-likeness (QED) is 0.275. The van der Waals surface area contributed by atoms with Gasteiger partial charge in [0.2, 0.25) is 0 Å². The first-order valence-corrected chi connectivity index (χ1v) is 9.04. The lowest BCUT2D eigenvalue weighted by Gasteiger charge is -1.97. The van der Waals surface area contributed by atoms with Crippen molar-refractivity contribution in [2.45, 2.75) is 83.3 Å². The standard InChI is InChI=1S/C20H32O3/c1-2-3-12-15-18-19(23-18)16-13-10-8-6-4-5-7-9-11-14-17-20(21)22/h4,6-7,9-10,13,18-19H,2-3,5,8,11-12,14-17H2,1H3,(H,21,22)/p-1/b6-4-,9-7-,13-10-. The number of rotatable bonds is 14. The summed E-state index contributed by atoms with van der Waals surface area (Å²) in [6, 6.07) is 0. The third-order valence-corrected chi connectivity index (χ3v) is 3.94.